The first-order chi connectivity index (χ1) is 16.7. The largest absolute Gasteiger partial charge is 0.491 e. The van der Waals surface area contributed by atoms with Crippen molar-refractivity contribution in [1.82, 2.24) is 29.5 Å². The highest BCUT2D eigenvalue weighted by molar-refractivity contribution is 5.76. The van der Waals surface area contributed by atoms with Gasteiger partial charge in [0.05, 0.1) is 19.3 Å². The standard InChI is InChI=1S/C25H30N6O3/c32-25(7-11-31-19-27-18-28-31)30-12-13-33-24-4-3-20(14-21(24)17-30)16-29-9-5-22(6-10-29)34-23-2-1-8-26-15-23/h1-4,8,14-15,18-19,22H,5-7,9-13,16-17H2. The second-order valence-corrected chi connectivity index (χ2v) is 8.80. The number of piperidine rings is 1. The summed E-state index contributed by atoms with van der Waals surface area (Å²) in [5, 5.41) is 4.08. The third kappa shape index (κ3) is 5.72. The Morgan fingerprint density at radius 3 is 2.85 bits per heavy atom. The van der Waals surface area contributed by atoms with Crippen LogP contribution in [0.5, 0.6) is 11.5 Å². The van der Waals surface area contributed by atoms with Gasteiger partial charge >= 0.3 is 0 Å². The molecular weight excluding hydrogens is 432 g/mol. The number of rotatable bonds is 7. The zero-order chi connectivity index (χ0) is 23.2. The van der Waals surface area contributed by atoms with E-state index in [1.165, 1.54) is 11.9 Å². The zero-order valence-corrected chi connectivity index (χ0v) is 19.3. The highest BCUT2D eigenvalue weighted by atomic mass is 16.5. The average Bonchev–Trinajstić information content (AvgIpc) is 3.30. The molecule has 0 unspecified atom stereocenters. The number of pyridine rings is 1. The molecule has 178 valence electrons. The molecule has 0 spiro atoms. The maximum absolute atomic E-state index is 12.8. The normalized spacial score (nSPS) is 17.0. The first kappa shape index (κ1) is 22.3. The number of hydrogen-bond acceptors (Lipinski definition) is 7. The minimum atomic E-state index is 0.105. The van der Waals surface area contributed by atoms with Crippen LogP contribution in [-0.2, 0) is 24.4 Å². The van der Waals surface area contributed by atoms with Crippen LogP contribution in [0.4, 0.5) is 0 Å². The van der Waals surface area contributed by atoms with E-state index in [0.29, 0.717) is 32.7 Å². The molecule has 9 nitrogen and oxygen atoms in total. The number of hydrogen-bond donors (Lipinski definition) is 0. The Morgan fingerprint density at radius 2 is 2.06 bits per heavy atom. The Labute approximate surface area is 199 Å². The molecule has 0 bridgehead atoms. The minimum Gasteiger partial charge on any atom is -0.491 e. The Kier molecular flexibility index (Phi) is 6.99. The van der Waals surface area contributed by atoms with Gasteiger partial charge in [-0.25, -0.2) is 4.98 Å². The van der Waals surface area contributed by atoms with Gasteiger partial charge < -0.3 is 14.4 Å². The molecule has 2 aromatic heterocycles. The molecule has 0 radical (unpaired) electrons. The molecular formula is C25H30N6O3. The quantitative estimate of drug-likeness (QED) is 0.533. The van der Waals surface area contributed by atoms with Crippen molar-refractivity contribution < 1.29 is 14.3 Å². The summed E-state index contributed by atoms with van der Waals surface area (Å²) in [7, 11) is 0. The van der Waals surface area contributed by atoms with Gasteiger partial charge in [-0.3, -0.25) is 19.4 Å². The van der Waals surface area contributed by atoms with E-state index >= 15 is 0 Å². The van der Waals surface area contributed by atoms with Crippen LogP contribution < -0.4 is 9.47 Å². The van der Waals surface area contributed by atoms with Gasteiger partial charge in [-0.05, 0) is 42.7 Å². The van der Waals surface area contributed by atoms with Crippen LogP contribution in [0.15, 0.2) is 55.4 Å². The van der Waals surface area contributed by atoms with Crippen LogP contribution in [-0.4, -0.2) is 67.8 Å². The van der Waals surface area contributed by atoms with Gasteiger partial charge in [-0.15, -0.1) is 0 Å². The van der Waals surface area contributed by atoms with Crippen LogP contribution in [0.2, 0.25) is 0 Å². The molecule has 2 aliphatic rings. The highest BCUT2D eigenvalue weighted by Crippen LogP contribution is 2.26. The molecule has 0 aliphatic carbocycles. The van der Waals surface area contributed by atoms with Crippen molar-refractivity contribution in [2.24, 2.45) is 0 Å². The zero-order valence-electron chi connectivity index (χ0n) is 19.3. The lowest BCUT2D eigenvalue weighted by Crippen LogP contribution is -2.37. The first-order valence-electron chi connectivity index (χ1n) is 11.9. The molecule has 4 heterocycles. The second-order valence-electron chi connectivity index (χ2n) is 8.80. The van der Waals surface area contributed by atoms with Gasteiger partial charge in [0.2, 0.25) is 5.91 Å². The van der Waals surface area contributed by atoms with E-state index in [1.807, 2.05) is 23.1 Å². The lowest BCUT2D eigenvalue weighted by molar-refractivity contribution is -0.132. The molecule has 1 aromatic carbocycles. The van der Waals surface area contributed by atoms with Crippen LogP contribution in [0.3, 0.4) is 0 Å². The summed E-state index contributed by atoms with van der Waals surface area (Å²) in [6.45, 7) is 5.06. The molecule has 5 rings (SSSR count). The monoisotopic (exact) mass is 462 g/mol. The lowest BCUT2D eigenvalue weighted by atomic mass is 10.0. The minimum absolute atomic E-state index is 0.105. The molecule has 1 amide bonds. The second kappa shape index (κ2) is 10.6. The van der Waals surface area contributed by atoms with Crippen LogP contribution in [0.1, 0.15) is 30.4 Å². The van der Waals surface area contributed by atoms with Crippen LogP contribution in [0, 0.1) is 0 Å². The summed E-state index contributed by atoms with van der Waals surface area (Å²) in [6.07, 6.45) is 9.27. The maximum Gasteiger partial charge on any atom is 0.224 e. The Morgan fingerprint density at radius 1 is 1.15 bits per heavy atom. The third-order valence-electron chi connectivity index (χ3n) is 6.36. The molecule has 3 aromatic rings. The number of fused-ring (bicyclic) bond motifs is 1. The van der Waals surface area contributed by atoms with Crippen molar-refractivity contribution in [1.29, 1.82) is 0 Å². The number of amides is 1. The summed E-state index contributed by atoms with van der Waals surface area (Å²) in [5.74, 6) is 1.82. The van der Waals surface area contributed by atoms with Gasteiger partial charge in [-0.2, -0.15) is 5.10 Å². The van der Waals surface area contributed by atoms with E-state index in [9.17, 15) is 4.79 Å². The number of benzene rings is 1. The summed E-state index contributed by atoms with van der Waals surface area (Å²) < 4.78 is 13.7. The molecule has 2 aliphatic heterocycles. The number of nitrogens with zero attached hydrogens (tertiary/aromatic N) is 6. The summed E-state index contributed by atoms with van der Waals surface area (Å²) in [5.41, 5.74) is 2.31. The van der Waals surface area contributed by atoms with E-state index in [4.69, 9.17) is 9.47 Å². The number of ether oxygens (including phenoxy) is 2. The molecule has 0 N–H and O–H groups in total. The summed E-state index contributed by atoms with van der Waals surface area (Å²) >= 11 is 0. The van der Waals surface area contributed by atoms with Crippen molar-refractivity contribution in [3.05, 3.63) is 66.5 Å². The number of aryl methyl sites for hydroxylation is 1. The van der Waals surface area contributed by atoms with Crippen molar-refractivity contribution in [2.75, 3.05) is 26.2 Å². The van der Waals surface area contributed by atoms with E-state index in [0.717, 1.165) is 49.5 Å². The molecule has 34 heavy (non-hydrogen) atoms. The van der Waals surface area contributed by atoms with E-state index < -0.39 is 0 Å². The van der Waals surface area contributed by atoms with Gasteiger partial charge in [0.25, 0.3) is 0 Å². The fraction of sp³-hybridized carbons (Fsp3) is 0.440. The lowest BCUT2D eigenvalue weighted by Gasteiger charge is -2.32. The van der Waals surface area contributed by atoms with Gasteiger partial charge in [-0.1, -0.05) is 6.07 Å². The Bertz CT molecular complexity index is 1070. The summed E-state index contributed by atoms with van der Waals surface area (Å²) in [4.78, 5) is 25.2. The van der Waals surface area contributed by atoms with Gasteiger partial charge in [0, 0.05) is 44.4 Å². The van der Waals surface area contributed by atoms with E-state index in [1.54, 1.807) is 23.4 Å². The summed E-state index contributed by atoms with van der Waals surface area (Å²) in [6, 6.07) is 10.2. The van der Waals surface area contributed by atoms with Crippen molar-refractivity contribution >= 4 is 5.91 Å². The Hall–Kier alpha value is -3.46. The SMILES string of the molecule is O=C(CCn1cncn1)N1CCOc2ccc(CN3CCC(Oc4cccnc4)CC3)cc2C1. The van der Waals surface area contributed by atoms with Crippen LogP contribution in [0.25, 0.3) is 0 Å². The molecule has 1 saturated heterocycles. The predicted octanol–water partition coefficient (Wildman–Crippen LogP) is 2.53. The highest BCUT2D eigenvalue weighted by Gasteiger charge is 2.23. The Balaban J connectivity index is 1.15. The van der Waals surface area contributed by atoms with Crippen molar-refractivity contribution in [3.8, 4) is 11.5 Å². The van der Waals surface area contributed by atoms with E-state index in [2.05, 4.69) is 32.1 Å². The van der Waals surface area contributed by atoms with Crippen LogP contribution >= 0.6 is 0 Å². The predicted molar refractivity (Wildman–Crippen MR) is 125 cm³/mol. The van der Waals surface area contributed by atoms with Crippen molar-refractivity contribution in [2.45, 2.75) is 45.0 Å². The average molecular weight is 463 g/mol. The molecule has 0 saturated carbocycles. The fourth-order valence-corrected chi connectivity index (χ4v) is 4.53. The number of carbonyl (C=O) groups is 1. The molecule has 9 heteroatoms. The number of likely N-dealkylation sites (tertiary alicyclic amines) is 1. The van der Waals surface area contributed by atoms with E-state index in [-0.39, 0.29) is 12.0 Å². The molecule has 0 atom stereocenters. The smallest absolute Gasteiger partial charge is 0.224 e. The fourth-order valence-electron chi connectivity index (χ4n) is 4.53. The number of carbonyl (C=O) groups excluding carboxylic acids is 1. The maximum atomic E-state index is 12.8. The van der Waals surface area contributed by atoms with Crippen molar-refractivity contribution in [3.63, 3.8) is 0 Å². The number of aromatic nitrogens is 4. The molecule has 1 fully saturated rings. The van der Waals surface area contributed by atoms with Gasteiger partial charge in [0.15, 0.2) is 0 Å². The van der Waals surface area contributed by atoms with Gasteiger partial charge in [0.1, 0.15) is 36.9 Å². The topological polar surface area (TPSA) is 85.6 Å². The first-order valence-corrected chi connectivity index (χ1v) is 11.9. The third-order valence-corrected chi connectivity index (χ3v) is 6.36.